The van der Waals surface area contributed by atoms with Gasteiger partial charge in [-0.3, -0.25) is 14.7 Å². The number of aliphatic carboxylic acids is 2. The summed E-state index contributed by atoms with van der Waals surface area (Å²) < 4.78 is 0. The van der Waals surface area contributed by atoms with Crippen LogP contribution in [-0.2, 0) is 14.4 Å². The average Bonchev–Trinajstić information content (AvgIpc) is 2.90. The number of carbonyl (C=O) groups excluding carboxylic acids is 1. The zero-order chi connectivity index (χ0) is 17.6. The Morgan fingerprint density at radius 3 is 2.71 bits per heavy atom. The summed E-state index contributed by atoms with van der Waals surface area (Å²) in [5.41, 5.74) is 3.89. The molecule has 0 aliphatic heterocycles. The molecular formula is C13H17N5O5S. The predicted molar refractivity (Wildman–Crippen MR) is 80.9 cm³/mol. The number of carbonyl (C=O) groups is 3. The van der Waals surface area contributed by atoms with Gasteiger partial charge >= 0.3 is 11.9 Å². The van der Waals surface area contributed by atoms with Gasteiger partial charge in [0.05, 0.1) is 12.0 Å². The lowest BCUT2D eigenvalue weighted by Crippen LogP contribution is -2.59. The van der Waals surface area contributed by atoms with Crippen molar-refractivity contribution in [1.82, 2.24) is 20.5 Å². The Balaban J connectivity index is 1.90. The molecule has 1 amide bonds. The topological polar surface area (TPSA) is 171 Å². The van der Waals surface area contributed by atoms with E-state index in [0.29, 0.717) is 5.16 Å². The van der Waals surface area contributed by atoms with E-state index < -0.39 is 41.3 Å². The summed E-state index contributed by atoms with van der Waals surface area (Å²) in [5, 5.41) is 28.2. The lowest BCUT2D eigenvalue weighted by Gasteiger charge is -2.30. The molecule has 1 aromatic heterocycles. The minimum atomic E-state index is -1.63. The van der Waals surface area contributed by atoms with E-state index in [1.807, 2.05) is 0 Å². The summed E-state index contributed by atoms with van der Waals surface area (Å²) >= 11 is 1.25. The van der Waals surface area contributed by atoms with Crippen LogP contribution in [0.5, 0.6) is 0 Å². The zero-order valence-corrected chi connectivity index (χ0v) is 13.5. The number of thioether (sulfide) groups is 1. The molecule has 0 bridgehead atoms. The van der Waals surface area contributed by atoms with E-state index in [0.717, 1.165) is 0 Å². The third-order valence-electron chi connectivity index (χ3n) is 4.68. The first kappa shape index (κ1) is 16.7. The number of nitrogens with zero attached hydrogens (tertiary/aromatic N) is 2. The SMILES string of the molecule is C[C@H](N)C(=O)N[C@]1(C(=O)O)C[C@H](Sc2ncn[nH]2)[C@@H]2[C@H](C(=O)O)[C@@H]21. The van der Waals surface area contributed by atoms with E-state index in [1.165, 1.54) is 25.0 Å². The fourth-order valence-corrected chi connectivity index (χ4v) is 4.95. The first-order chi connectivity index (χ1) is 11.3. The molecule has 24 heavy (non-hydrogen) atoms. The maximum Gasteiger partial charge on any atom is 0.329 e. The summed E-state index contributed by atoms with van der Waals surface area (Å²) in [4.78, 5) is 39.4. The normalized spacial score (nSPS) is 35.1. The Bertz CT molecular complexity index is 680. The number of aromatic amines is 1. The molecule has 6 N–H and O–H groups in total. The molecule has 10 nitrogen and oxygen atoms in total. The summed E-state index contributed by atoms with van der Waals surface area (Å²) in [6.45, 7) is 1.44. The summed E-state index contributed by atoms with van der Waals surface area (Å²) in [7, 11) is 0. The standard InChI is InChI=1S/C13H17N5O5S/c1-4(14)9(19)17-13(11(22)23)2-5(24-12-15-3-16-18-12)6-7(8(6)13)10(20)21/h3-8H,2,14H2,1H3,(H,17,19)(H,20,21)(H,22,23)(H,15,16,18)/t4-,5-,6+,7-,8+,13+/m0/s1. The van der Waals surface area contributed by atoms with Crippen molar-refractivity contribution in [1.29, 1.82) is 0 Å². The van der Waals surface area contributed by atoms with E-state index in [-0.39, 0.29) is 17.6 Å². The largest absolute Gasteiger partial charge is 0.481 e. The van der Waals surface area contributed by atoms with Gasteiger partial charge in [0.25, 0.3) is 0 Å². The Hall–Kier alpha value is -2.14. The molecule has 1 heterocycles. The lowest BCUT2D eigenvalue weighted by atomic mass is 9.89. The highest BCUT2D eigenvalue weighted by Gasteiger charge is 2.75. The molecule has 2 fully saturated rings. The molecule has 0 unspecified atom stereocenters. The van der Waals surface area contributed by atoms with E-state index in [4.69, 9.17) is 5.73 Å². The van der Waals surface area contributed by atoms with Crippen molar-refractivity contribution in [2.45, 2.75) is 35.3 Å². The maximum absolute atomic E-state index is 12.0. The Morgan fingerprint density at radius 1 is 1.50 bits per heavy atom. The fourth-order valence-electron chi connectivity index (χ4n) is 3.61. The van der Waals surface area contributed by atoms with Crippen LogP contribution in [0.4, 0.5) is 0 Å². The molecule has 0 radical (unpaired) electrons. The number of aromatic nitrogens is 3. The second kappa shape index (κ2) is 5.74. The van der Waals surface area contributed by atoms with Gasteiger partial charge in [0.2, 0.25) is 5.91 Å². The van der Waals surface area contributed by atoms with Crippen LogP contribution < -0.4 is 11.1 Å². The summed E-state index contributed by atoms with van der Waals surface area (Å²) in [6.07, 6.45) is 1.42. The van der Waals surface area contributed by atoms with Crippen molar-refractivity contribution in [3.8, 4) is 0 Å². The lowest BCUT2D eigenvalue weighted by molar-refractivity contribution is -0.149. The molecular weight excluding hydrogens is 338 g/mol. The third-order valence-corrected chi connectivity index (χ3v) is 5.88. The van der Waals surface area contributed by atoms with Crippen LogP contribution in [0.3, 0.4) is 0 Å². The van der Waals surface area contributed by atoms with Gasteiger partial charge < -0.3 is 21.3 Å². The van der Waals surface area contributed by atoms with Gasteiger partial charge in [-0.2, -0.15) is 5.10 Å². The number of hydrogen-bond donors (Lipinski definition) is 5. The van der Waals surface area contributed by atoms with Gasteiger partial charge in [0, 0.05) is 11.2 Å². The van der Waals surface area contributed by atoms with Gasteiger partial charge in [0.1, 0.15) is 11.9 Å². The first-order valence-electron chi connectivity index (χ1n) is 7.33. The van der Waals surface area contributed by atoms with Crippen molar-refractivity contribution in [2.75, 3.05) is 0 Å². The number of nitrogens with two attached hydrogens (primary N) is 1. The van der Waals surface area contributed by atoms with Gasteiger partial charge in [0.15, 0.2) is 5.16 Å². The Morgan fingerprint density at radius 2 is 2.21 bits per heavy atom. The number of hydrogen-bond acceptors (Lipinski definition) is 7. The van der Waals surface area contributed by atoms with Crippen molar-refractivity contribution in [3.63, 3.8) is 0 Å². The van der Waals surface area contributed by atoms with Crippen LogP contribution in [0, 0.1) is 17.8 Å². The highest BCUT2D eigenvalue weighted by atomic mass is 32.2. The van der Waals surface area contributed by atoms with Crippen LogP contribution >= 0.6 is 11.8 Å². The molecule has 0 aromatic carbocycles. The number of fused-ring (bicyclic) bond motifs is 1. The highest BCUT2D eigenvalue weighted by molar-refractivity contribution is 7.99. The average molecular weight is 355 g/mol. The van der Waals surface area contributed by atoms with Crippen LogP contribution in [0.1, 0.15) is 13.3 Å². The number of nitrogens with one attached hydrogen (secondary N) is 2. The minimum Gasteiger partial charge on any atom is -0.481 e. The maximum atomic E-state index is 12.0. The Kier molecular flexibility index (Phi) is 4.00. The third kappa shape index (κ3) is 2.53. The second-order valence-corrected chi connectivity index (χ2v) is 7.40. The summed E-state index contributed by atoms with van der Waals surface area (Å²) in [6, 6.07) is -0.886. The zero-order valence-electron chi connectivity index (χ0n) is 12.7. The predicted octanol–water partition coefficient (Wildman–Crippen LogP) is -1.10. The molecule has 3 rings (SSSR count). The van der Waals surface area contributed by atoms with Gasteiger partial charge in [-0.15, -0.1) is 0 Å². The number of carboxylic acid groups (broad SMARTS) is 2. The monoisotopic (exact) mass is 355 g/mol. The van der Waals surface area contributed by atoms with Crippen molar-refractivity contribution in [2.24, 2.45) is 23.5 Å². The van der Waals surface area contributed by atoms with Crippen molar-refractivity contribution in [3.05, 3.63) is 6.33 Å². The van der Waals surface area contributed by atoms with Crippen molar-refractivity contribution >= 4 is 29.6 Å². The van der Waals surface area contributed by atoms with Crippen LogP contribution in [0.2, 0.25) is 0 Å². The first-order valence-corrected chi connectivity index (χ1v) is 8.21. The van der Waals surface area contributed by atoms with E-state index in [2.05, 4.69) is 20.5 Å². The molecule has 0 spiro atoms. The quantitative estimate of drug-likeness (QED) is 0.425. The van der Waals surface area contributed by atoms with Gasteiger partial charge in [-0.25, -0.2) is 9.78 Å². The van der Waals surface area contributed by atoms with Gasteiger partial charge in [-0.1, -0.05) is 11.8 Å². The van der Waals surface area contributed by atoms with E-state index in [9.17, 15) is 24.6 Å². The molecule has 6 atom stereocenters. The number of carboxylic acids is 2. The fraction of sp³-hybridized carbons (Fsp3) is 0.615. The second-order valence-electron chi connectivity index (χ2n) is 6.17. The molecule has 0 saturated heterocycles. The van der Waals surface area contributed by atoms with Crippen LogP contribution in [0.15, 0.2) is 11.5 Å². The molecule has 11 heteroatoms. The van der Waals surface area contributed by atoms with Gasteiger partial charge in [-0.05, 0) is 19.3 Å². The minimum absolute atomic E-state index is 0.102. The number of H-pyrrole nitrogens is 1. The molecule has 2 aliphatic rings. The molecule has 1 aromatic rings. The Labute approximate surface area is 140 Å². The highest BCUT2D eigenvalue weighted by Crippen LogP contribution is 2.65. The van der Waals surface area contributed by atoms with Crippen LogP contribution in [0.25, 0.3) is 0 Å². The molecule has 130 valence electrons. The molecule has 2 saturated carbocycles. The summed E-state index contributed by atoms with van der Waals surface area (Å²) in [5.74, 6) is -4.76. The van der Waals surface area contributed by atoms with Crippen molar-refractivity contribution < 1.29 is 24.6 Å². The number of amides is 1. The van der Waals surface area contributed by atoms with E-state index in [1.54, 1.807) is 0 Å². The van der Waals surface area contributed by atoms with E-state index >= 15 is 0 Å². The smallest absolute Gasteiger partial charge is 0.329 e. The number of rotatable bonds is 6. The molecule has 2 aliphatic carbocycles. The van der Waals surface area contributed by atoms with Crippen LogP contribution in [-0.4, -0.2) is 60.1 Å².